The number of hydrogen-bond donors (Lipinski definition) is 0. The Hall–Kier alpha value is -2.84. The van der Waals surface area contributed by atoms with Gasteiger partial charge in [0.25, 0.3) is 0 Å². The van der Waals surface area contributed by atoms with Crippen LogP contribution in [0.2, 0.25) is 0 Å². The molecule has 3 aliphatic rings. The molecule has 32 heavy (non-hydrogen) atoms. The van der Waals surface area contributed by atoms with Crippen molar-refractivity contribution < 1.29 is 42.5 Å². The zero-order valence-electron chi connectivity index (χ0n) is 18.6. The summed E-state index contributed by atoms with van der Waals surface area (Å²) in [6.07, 6.45) is 1.66. The average molecular weight is 448 g/mol. The van der Waals surface area contributed by atoms with Gasteiger partial charge in [-0.2, -0.15) is 0 Å². The van der Waals surface area contributed by atoms with Crippen LogP contribution in [-0.2, 0) is 33.3 Å². The van der Waals surface area contributed by atoms with Crippen LogP contribution in [0.15, 0.2) is 23.0 Å². The van der Waals surface area contributed by atoms with Crippen molar-refractivity contribution in [2.75, 3.05) is 14.2 Å². The summed E-state index contributed by atoms with van der Waals surface area (Å²) >= 11 is 0. The summed E-state index contributed by atoms with van der Waals surface area (Å²) in [6.45, 7) is 3.81. The minimum Gasteiger partial charge on any atom is -0.472 e. The van der Waals surface area contributed by atoms with Gasteiger partial charge in [-0.05, 0) is 36.2 Å². The van der Waals surface area contributed by atoms with Crippen LogP contribution in [0.3, 0.4) is 0 Å². The lowest BCUT2D eigenvalue weighted by Gasteiger charge is -2.60. The number of ether oxygens (including phenoxy) is 4. The molecule has 1 unspecified atom stereocenters. The Morgan fingerprint density at radius 3 is 2.50 bits per heavy atom. The van der Waals surface area contributed by atoms with Crippen molar-refractivity contribution in [1.82, 2.24) is 0 Å². The Bertz CT molecular complexity index is 922. The Morgan fingerprint density at radius 2 is 1.88 bits per heavy atom. The summed E-state index contributed by atoms with van der Waals surface area (Å²) < 4.78 is 25.8. The summed E-state index contributed by atoms with van der Waals surface area (Å²) in [5, 5.41) is 0. The SMILES string of the molecule is COC(=O)O[C@H]1C[C@@H](C(=O)OC)[C@]2(C)CC[C@H]3C(=O)O[C@H](c4ccoc4)C[C@]3(C)C2C1=O. The fourth-order valence-electron chi connectivity index (χ4n) is 6.43. The van der Waals surface area contributed by atoms with Crippen molar-refractivity contribution in [2.24, 2.45) is 28.6 Å². The maximum Gasteiger partial charge on any atom is 0.508 e. The number of methoxy groups -OCH3 is 2. The van der Waals surface area contributed by atoms with Gasteiger partial charge in [-0.15, -0.1) is 0 Å². The fraction of sp³-hybridized carbons (Fsp3) is 0.652. The van der Waals surface area contributed by atoms with E-state index in [0.717, 1.165) is 7.11 Å². The van der Waals surface area contributed by atoms with Crippen LogP contribution < -0.4 is 0 Å². The first-order valence-electron chi connectivity index (χ1n) is 10.7. The topological polar surface area (TPSA) is 118 Å². The Morgan fingerprint density at radius 1 is 1.12 bits per heavy atom. The third-order valence-electron chi connectivity index (χ3n) is 7.91. The predicted molar refractivity (Wildman–Crippen MR) is 107 cm³/mol. The standard InChI is InChI=1S/C23H28O9/c1-22-7-5-13-20(26)31-16(12-6-8-30-11-12)10-23(13,2)18(22)17(24)15(32-21(27)29-4)9-14(22)19(25)28-3/h6,8,11,13-16,18H,5,7,9-10H2,1-4H3/t13-,14-,15-,16-,18?,22-,23-/m0/s1. The molecule has 0 aromatic carbocycles. The van der Waals surface area contributed by atoms with Gasteiger partial charge in [0.05, 0.1) is 38.6 Å². The van der Waals surface area contributed by atoms with Gasteiger partial charge in [0.1, 0.15) is 6.10 Å². The van der Waals surface area contributed by atoms with E-state index < -0.39 is 52.9 Å². The van der Waals surface area contributed by atoms with Crippen molar-refractivity contribution in [3.8, 4) is 0 Å². The zero-order valence-corrected chi connectivity index (χ0v) is 18.6. The molecule has 3 fully saturated rings. The molecular weight excluding hydrogens is 420 g/mol. The van der Waals surface area contributed by atoms with E-state index in [2.05, 4.69) is 4.74 Å². The molecule has 1 aromatic heterocycles. The molecule has 0 spiro atoms. The maximum absolute atomic E-state index is 13.8. The molecular formula is C23H28O9. The van der Waals surface area contributed by atoms with E-state index in [0.29, 0.717) is 24.8 Å². The lowest BCUT2D eigenvalue weighted by molar-refractivity contribution is -0.208. The summed E-state index contributed by atoms with van der Waals surface area (Å²) in [7, 11) is 2.45. The van der Waals surface area contributed by atoms with Crippen LogP contribution in [0.25, 0.3) is 0 Å². The molecule has 0 radical (unpaired) electrons. The molecule has 2 aliphatic carbocycles. The molecule has 0 bridgehead atoms. The van der Waals surface area contributed by atoms with Gasteiger partial charge in [-0.1, -0.05) is 13.8 Å². The predicted octanol–water partition coefficient (Wildman–Crippen LogP) is 3.22. The number of cyclic esters (lactones) is 1. The summed E-state index contributed by atoms with van der Waals surface area (Å²) in [6, 6.07) is 1.73. The number of furan rings is 1. The number of esters is 2. The summed E-state index contributed by atoms with van der Waals surface area (Å²) in [5.41, 5.74) is -0.865. The quantitative estimate of drug-likeness (QED) is 0.507. The molecule has 0 amide bonds. The van der Waals surface area contributed by atoms with Crippen LogP contribution >= 0.6 is 0 Å². The monoisotopic (exact) mass is 448 g/mol. The van der Waals surface area contributed by atoms with Gasteiger partial charge in [0.2, 0.25) is 0 Å². The van der Waals surface area contributed by atoms with Crippen molar-refractivity contribution in [3.63, 3.8) is 0 Å². The van der Waals surface area contributed by atoms with E-state index >= 15 is 0 Å². The van der Waals surface area contributed by atoms with Crippen molar-refractivity contribution in [3.05, 3.63) is 24.2 Å². The molecule has 9 nitrogen and oxygen atoms in total. The number of rotatable bonds is 3. The third kappa shape index (κ3) is 3.29. The summed E-state index contributed by atoms with van der Waals surface area (Å²) in [5.74, 6) is -3.04. The number of carbonyl (C=O) groups is 4. The highest BCUT2D eigenvalue weighted by Gasteiger charge is 2.67. The highest BCUT2D eigenvalue weighted by molar-refractivity contribution is 5.93. The van der Waals surface area contributed by atoms with Crippen LogP contribution in [0, 0.1) is 28.6 Å². The molecule has 0 N–H and O–H groups in total. The first-order valence-corrected chi connectivity index (χ1v) is 10.7. The van der Waals surface area contributed by atoms with Gasteiger partial charge in [-0.25, -0.2) is 4.79 Å². The van der Waals surface area contributed by atoms with E-state index in [4.69, 9.17) is 18.6 Å². The number of Topliss-reactive ketones (excluding diaryl/α,β-unsaturated/α-hetero) is 1. The number of ketones is 1. The van der Waals surface area contributed by atoms with E-state index in [1.54, 1.807) is 6.07 Å². The number of carbonyl (C=O) groups excluding carboxylic acids is 4. The molecule has 174 valence electrons. The molecule has 2 saturated carbocycles. The summed E-state index contributed by atoms with van der Waals surface area (Å²) in [4.78, 5) is 51.5. The second-order valence-corrected chi connectivity index (χ2v) is 9.50. The van der Waals surface area contributed by atoms with Crippen LogP contribution in [-0.4, -0.2) is 44.2 Å². The van der Waals surface area contributed by atoms with Gasteiger partial charge in [0.15, 0.2) is 11.9 Å². The molecule has 2 heterocycles. The van der Waals surface area contributed by atoms with Crippen LogP contribution in [0.4, 0.5) is 4.79 Å². The van der Waals surface area contributed by atoms with E-state index in [1.165, 1.54) is 19.6 Å². The largest absolute Gasteiger partial charge is 0.508 e. The highest BCUT2D eigenvalue weighted by atomic mass is 16.7. The van der Waals surface area contributed by atoms with Gasteiger partial charge < -0.3 is 23.4 Å². The van der Waals surface area contributed by atoms with Crippen molar-refractivity contribution in [1.29, 1.82) is 0 Å². The van der Waals surface area contributed by atoms with Crippen LogP contribution in [0.1, 0.15) is 51.2 Å². The smallest absolute Gasteiger partial charge is 0.472 e. The third-order valence-corrected chi connectivity index (χ3v) is 7.91. The van der Waals surface area contributed by atoms with Gasteiger partial charge in [-0.3, -0.25) is 14.4 Å². The second kappa shape index (κ2) is 7.94. The normalized spacial score (nSPS) is 38.7. The minimum absolute atomic E-state index is 0.0178. The number of hydrogen-bond acceptors (Lipinski definition) is 9. The molecule has 1 saturated heterocycles. The van der Waals surface area contributed by atoms with E-state index in [1.807, 2.05) is 13.8 Å². The molecule has 7 atom stereocenters. The molecule has 4 rings (SSSR count). The second-order valence-electron chi connectivity index (χ2n) is 9.50. The lowest BCUT2D eigenvalue weighted by atomic mass is 9.43. The first-order chi connectivity index (χ1) is 15.2. The van der Waals surface area contributed by atoms with E-state index in [-0.39, 0.29) is 18.2 Å². The Balaban J connectivity index is 1.78. The Labute approximate surface area is 185 Å². The van der Waals surface area contributed by atoms with E-state index in [9.17, 15) is 19.2 Å². The van der Waals surface area contributed by atoms with Gasteiger partial charge in [0, 0.05) is 17.9 Å². The Kier molecular flexibility index (Phi) is 5.55. The van der Waals surface area contributed by atoms with Crippen molar-refractivity contribution >= 4 is 23.9 Å². The average Bonchev–Trinajstić information content (AvgIpc) is 3.29. The highest BCUT2D eigenvalue weighted by Crippen LogP contribution is 2.65. The first kappa shape index (κ1) is 22.4. The maximum atomic E-state index is 13.8. The zero-order chi connectivity index (χ0) is 23.3. The molecule has 1 aliphatic heterocycles. The van der Waals surface area contributed by atoms with Gasteiger partial charge >= 0.3 is 18.1 Å². The van der Waals surface area contributed by atoms with Crippen molar-refractivity contribution in [2.45, 2.75) is 51.7 Å². The minimum atomic E-state index is -1.16. The molecule has 1 aromatic rings. The lowest BCUT2D eigenvalue weighted by Crippen LogP contribution is -2.64. The fourth-order valence-corrected chi connectivity index (χ4v) is 6.43. The molecule has 9 heteroatoms. The van der Waals surface area contributed by atoms with Crippen LogP contribution in [0.5, 0.6) is 0 Å². The number of fused-ring (bicyclic) bond motifs is 3.